The smallest absolute Gasteiger partial charge is 0.409 e. The zero-order valence-corrected chi connectivity index (χ0v) is 14.3. The summed E-state index contributed by atoms with van der Waals surface area (Å²) in [5, 5.41) is 3.00. The minimum Gasteiger partial charge on any atom is -0.450 e. The van der Waals surface area contributed by atoms with Crippen molar-refractivity contribution in [1.82, 2.24) is 9.80 Å². The molecule has 1 saturated heterocycles. The van der Waals surface area contributed by atoms with E-state index < -0.39 is 0 Å². The number of benzene rings is 1. The van der Waals surface area contributed by atoms with Crippen molar-refractivity contribution >= 4 is 17.8 Å². The lowest BCUT2D eigenvalue weighted by Gasteiger charge is -2.34. The second-order valence-electron chi connectivity index (χ2n) is 5.88. The van der Waals surface area contributed by atoms with Crippen molar-refractivity contribution in [2.45, 2.75) is 27.7 Å². The van der Waals surface area contributed by atoms with E-state index in [0.29, 0.717) is 32.8 Å². The lowest BCUT2D eigenvalue weighted by Crippen LogP contribution is -2.51. The summed E-state index contributed by atoms with van der Waals surface area (Å²) in [5.41, 5.74) is 4.16. The number of anilines is 1. The monoisotopic (exact) mass is 319 g/mol. The van der Waals surface area contributed by atoms with E-state index in [1.807, 2.05) is 20.8 Å². The third-order valence-electron chi connectivity index (χ3n) is 4.00. The number of hydrogen-bond acceptors (Lipinski definition) is 3. The summed E-state index contributed by atoms with van der Waals surface area (Å²) >= 11 is 0. The van der Waals surface area contributed by atoms with Gasteiger partial charge in [-0.2, -0.15) is 0 Å². The molecule has 0 radical (unpaired) electrons. The van der Waals surface area contributed by atoms with Crippen LogP contribution in [-0.2, 0) is 4.74 Å². The van der Waals surface area contributed by atoms with Crippen LogP contribution in [0.1, 0.15) is 23.6 Å². The van der Waals surface area contributed by atoms with E-state index in [0.717, 1.165) is 16.8 Å². The van der Waals surface area contributed by atoms with Crippen molar-refractivity contribution < 1.29 is 14.3 Å². The Morgan fingerprint density at radius 1 is 1.04 bits per heavy atom. The van der Waals surface area contributed by atoms with Crippen LogP contribution < -0.4 is 5.32 Å². The van der Waals surface area contributed by atoms with Gasteiger partial charge in [0.05, 0.1) is 6.61 Å². The molecule has 0 unspecified atom stereocenters. The summed E-state index contributed by atoms with van der Waals surface area (Å²) in [5.74, 6) is 0. The molecule has 1 N–H and O–H groups in total. The number of nitrogens with zero attached hydrogens (tertiary/aromatic N) is 2. The molecule has 1 aliphatic rings. The van der Waals surface area contributed by atoms with Crippen molar-refractivity contribution in [2.24, 2.45) is 0 Å². The van der Waals surface area contributed by atoms with E-state index >= 15 is 0 Å². The maximum atomic E-state index is 12.4. The molecule has 1 heterocycles. The van der Waals surface area contributed by atoms with E-state index in [4.69, 9.17) is 4.74 Å². The Bertz CT molecular complexity index is 570. The van der Waals surface area contributed by atoms with Crippen LogP contribution in [0.5, 0.6) is 0 Å². The van der Waals surface area contributed by atoms with E-state index in [1.54, 1.807) is 16.7 Å². The van der Waals surface area contributed by atoms with Gasteiger partial charge in [-0.05, 0) is 38.8 Å². The Morgan fingerprint density at radius 2 is 1.57 bits per heavy atom. The quantitative estimate of drug-likeness (QED) is 0.911. The molecule has 0 aliphatic carbocycles. The van der Waals surface area contributed by atoms with Crippen molar-refractivity contribution in [3.63, 3.8) is 0 Å². The standard InChI is InChI=1S/C17H25N3O3/c1-5-23-17(22)20-8-6-19(7-9-20)16(21)18-15-13(3)10-12(2)11-14(15)4/h10-11H,5-9H2,1-4H3,(H,18,21). The summed E-state index contributed by atoms with van der Waals surface area (Å²) in [7, 11) is 0. The van der Waals surface area contributed by atoms with Gasteiger partial charge in [0.15, 0.2) is 0 Å². The van der Waals surface area contributed by atoms with Crippen molar-refractivity contribution in [3.05, 3.63) is 28.8 Å². The number of hydrogen-bond donors (Lipinski definition) is 1. The van der Waals surface area contributed by atoms with E-state index in [-0.39, 0.29) is 12.1 Å². The Morgan fingerprint density at radius 3 is 2.09 bits per heavy atom. The first kappa shape index (κ1) is 17.1. The fourth-order valence-electron chi connectivity index (χ4n) is 2.87. The van der Waals surface area contributed by atoms with Crippen molar-refractivity contribution in [2.75, 3.05) is 38.1 Å². The lowest BCUT2D eigenvalue weighted by atomic mass is 10.1. The second kappa shape index (κ2) is 7.35. The largest absolute Gasteiger partial charge is 0.450 e. The van der Waals surface area contributed by atoms with Gasteiger partial charge in [-0.15, -0.1) is 0 Å². The SMILES string of the molecule is CCOC(=O)N1CCN(C(=O)Nc2c(C)cc(C)cc2C)CC1. The molecule has 1 aromatic rings. The maximum absolute atomic E-state index is 12.4. The first-order chi connectivity index (χ1) is 10.9. The number of carbonyl (C=O) groups excluding carboxylic acids is 2. The highest BCUT2D eigenvalue weighted by atomic mass is 16.6. The van der Waals surface area contributed by atoms with Crippen molar-refractivity contribution in [1.29, 1.82) is 0 Å². The average molecular weight is 319 g/mol. The molecular formula is C17H25N3O3. The Labute approximate surface area is 137 Å². The summed E-state index contributed by atoms with van der Waals surface area (Å²) in [4.78, 5) is 27.5. The number of amides is 3. The van der Waals surface area contributed by atoms with Gasteiger partial charge in [0.2, 0.25) is 0 Å². The molecule has 0 bridgehead atoms. The molecule has 3 amide bonds. The normalized spacial score (nSPS) is 14.6. The molecule has 2 rings (SSSR count). The highest BCUT2D eigenvalue weighted by Crippen LogP contribution is 2.22. The fourth-order valence-corrected chi connectivity index (χ4v) is 2.87. The highest BCUT2D eigenvalue weighted by molar-refractivity contribution is 5.91. The van der Waals surface area contributed by atoms with Crippen LogP contribution >= 0.6 is 0 Å². The van der Waals surface area contributed by atoms with Gasteiger partial charge in [-0.1, -0.05) is 17.7 Å². The predicted molar refractivity (Wildman–Crippen MR) is 89.8 cm³/mol. The minimum absolute atomic E-state index is 0.122. The molecule has 1 fully saturated rings. The topological polar surface area (TPSA) is 61.9 Å². The molecular weight excluding hydrogens is 294 g/mol. The summed E-state index contributed by atoms with van der Waals surface area (Å²) in [6.45, 7) is 10.2. The molecule has 0 spiro atoms. The number of ether oxygens (including phenoxy) is 1. The zero-order valence-electron chi connectivity index (χ0n) is 14.3. The number of nitrogens with one attached hydrogen (secondary N) is 1. The van der Waals surface area contributed by atoms with Crippen LogP contribution in [0.2, 0.25) is 0 Å². The number of piperazine rings is 1. The second-order valence-corrected chi connectivity index (χ2v) is 5.88. The lowest BCUT2D eigenvalue weighted by molar-refractivity contribution is 0.0868. The van der Waals surface area contributed by atoms with Gasteiger partial charge in [-0.25, -0.2) is 9.59 Å². The Hall–Kier alpha value is -2.24. The third-order valence-corrected chi connectivity index (χ3v) is 4.00. The fraction of sp³-hybridized carbons (Fsp3) is 0.529. The average Bonchev–Trinajstić information content (AvgIpc) is 2.51. The summed E-state index contributed by atoms with van der Waals surface area (Å²) < 4.78 is 4.98. The molecule has 23 heavy (non-hydrogen) atoms. The van der Waals surface area contributed by atoms with Gasteiger partial charge < -0.3 is 19.9 Å². The molecule has 0 atom stereocenters. The Kier molecular flexibility index (Phi) is 5.47. The first-order valence-electron chi connectivity index (χ1n) is 7.97. The number of urea groups is 1. The molecule has 126 valence electrons. The van der Waals surface area contributed by atoms with Gasteiger partial charge in [0.25, 0.3) is 0 Å². The van der Waals surface area contributed by atoms with Gasteiger partial charge in [-0.3, -0.25) is 0 Å². The summed E-state index contributed by atoms with van der Waals surface area (Å²) in [6, 6.07) is 3.99. The minimum atomic E-state index is -0.308. The molecule has 6 heteroatoms. The van der Waals surface area contributed by atoms with Gasteiger partial charge in [0.1, 0.15) is 0 Å². The number of aryl methyl sites for hydroxylation is 3. The van der Waals surface area contributed by atoms with Crippen molar-refractivity contribution in [3.8, 4) is 0 Å². The van der Waals surface area contributed by atoms with Crippen LogP contribution in [0.15, 0.2) is 12.1 Å². The van der Waals surface area contributed by atoms with E-state index in [2.05, 4.69) is 17.4 Å². The summed E-state index contributed by atoms with van der Waals surface area (Å²) in [6.07, 6.45) is -0.308. The van der Waals surface area contributed by atoms with Gasteiger partial charge >= 0.3 is 12.1 Å². The van der Waals surface area contributed by atoms with Crippen LogP contribution in [0.4, 0.5) is 15.3 Å². The molecule has 1 aromatic carbocycles. The van der Waals surface area contributed by atoms with Crippen LogP contribution in [0.3, 0.4) is 0 Å². The highest BCUT2D eigenvalue weighted by Gasteiger charge is 2.25. The van der Waals surface area contributed by atoms with Crippen LogP contribution in [-0.4, -0.2) is 54.7 Å². The van der Waals surface area contributed by atoms with E-state index in [9.17, 15) is 9.59 Å². The molecule has 0 saturated carbocycles. The number of carbonyl (C=O) groups is 2. The number of rotatable bonds is 2. The molecule has 1 aliphatic heterocycles. The first-order valence-corrected chi connectivity index (χ1v) is 7.97. The Balaban J connectivity index is 1.95. The van der Waals surface area contributed by atoms with E-state index in [1.165, 1.54) is 5.56 Å². The zero-order chi connectivity index (χ0) is 17.0. The third kappa shape index (κ3) is 4.15. The molecule has 6 nitrogen and oxygen atoms in total. The van der Waals surface area contributed by atoms with Crippen LogP contribution in [0, 0.1) is 20.8 Å². The maximum Gasteiger partial charge on any atom is 0.409 e. The predicted octanol–water partition coefficient (Wildman–Crippen LogP) is 2.92. The van der Waals surface area contributed by atoms with Crippen LogP contribution in [0.25, 0.3) is 0 Å². The molecule has 0 aromatic heterocycles. The van der Waals surface area contributed by atoms with Gasteiger partial charge in [0, 0.05) is 31.9 Å².